The standard InChI is InChI=1S/C17H33N5O6S2/c1-30-7-5-10(19)14(24)22-13(9-29)16(26)21-12(8-23)15(25)20-11(17(27)28)4-2-3-6-18/h10-13,23,29H,2-9,18-19H2,1H3,(H,20,25)(H,21,26)(H,22,24)(H,27,28). The monoisotopic (exact) mass is 467 g/mol. The number of rotatable bonds is 16. The fourth-order valence-electron chi connectivity index (χ4n) is 2.34. The minimum Gasteiger partial charge on any atom is -0.480 e. The molecule has 30 heavy (non-hydrogen) atoms. The van der Waals surface area contributed by atoms with Crippen molar-refractivity contribution in [2.24, 2.45) is 11.5 Å². The Balaban J connectivity index is 4.88. The third-order valence-electron chi connectivity index (χ3n) is 4.16. The Bertz CT molecular complexity index is 569. The number of thioether (sulfide) groups is 1. The summed E-state index contributed by atoms with van der Waals surface area (Å²) in [6.45, 7) is -0.361. The third kappa shape index (κ3) is 11.0. The van der Waals surface area contributed by atoms with Crippen molar-refractivity contribution in [3.8, 4) is 0 Å². The number of unbranched alkanes of at least 4 members (excludes halogenated alkanes) is 1. The highest BCUT2D eigenvalue weighted by molar-refractivity contribution is 7.98. The van der Waals surface area contributed by atoms with E-state index in [0.29, 0.717) is 31.6 Å². The molecule has 0 aromatic rings. The van der Waals surface area contributed by atoms with Crippen LogP contribution in [0, 0.1) is 0 Å². The van der Waals surface area contributed by atoms with Gasteiger partial charge in [-0.25, -0.2) is 4.79 Å². The average molecular weight is 468 g/mol. The lowest BCUT2D eigenvalue weighted by molar-refractivity contribution is -0.142. The summed E-state index contributed by atoms with van der Waals surface area (Å²) in [6.07, 6.45) is 3.56. The number of aliphatic hydroxyl groups excluding tert-OH is 1. The maximum atomic E-state index is 12.4. The molecule has 0 spiro atoms. The fourth-order valence-corrected chi connectivity index (χ4v) is 3.08. The normalized spacial score (nSPS) is 14.8. The number of nitrogens with one attached hydrogen (secondary N) is 3. The summed E-state index contributed by atoms with van der Waals surface area (Å²) < 4.78 is 0. The van der Waals surface area contributed by atoms with Gasteiger partial charge in [-0.15, -0.1) is 0 Å². The van der Waals surface area contributed by atoms with Gasteiger partial charge in [-0.1, -0.05) is 0 Å². The minimum absolute atomic E-state index is 0.0660. The molecule has 4 unspecified atom stereocenters. The SMILES string of the molecule is CSCCC(N)C(=O)NC(CS)C(=O)NC(CO)C(=O)NC(CCCCN)C(=O)O. The van der Waals surface area contributed by atoms with Gasteiger partial charge >= 0.3 is 5.97 Å². The first kappa shape index (κ1) is 28.5. The van der Waals surface area contributed by atoms with Gasteiger partial charge in [-0.2, -0.15) is 24.4 Å². The van der Waals surface area contributed by atoms with E-state index in [1.807, 2.05) is 6.26 Å². The first-order valence-corrected chi connectivity index (χ1v) is 11.5. The van der Waals surface area contributed by atoms with E-state index in [1.165, 1.54) is 11.8 Å². The van der Waals surface area contributed by atoms with E-state index in [9.17, 15) is 29.4 Å². The van der Waals surface area contributed by atoms with E-state index in [-0.39, 0.29) is 12.2 Å². The molecule has 11 nitrogen and oxygen atoms in total. The number of aliphatic carboxylic acids is 1. The zero-order chi connectivity index (χ0) is 23.1. The number of carboxylic acids is 1. The number of hydrogen-bond donors (Lipinski definition) is 8. The van der Waals surface area contributed by atoms with Crippen LogP contribution < -0.4 is 27.4 Å². The van der Waals surface area contributed by atoms with Gasteiger partial charge in [0.2, 0.25) is 17.7 Å². The molecule has 0 fully saturated rings. The lowest BCUT2D eigenvalue weighted by Crippen LogP contribution is -2.58. The van der Waals surface area contributed by atoms with Gasteiger partial charge in [0.05, 0.1) is 12.6 Å². The molecule has 0 aliphatic carbocycles. The summed E-state index contributed by atoms with van der Waals surface area (Å²) in [5, 5.41) is 25.7. The Morgan fingerprint density at radius 3 is 2.03 bits per heavy atom. The molecule has 13 heteroatoms. The van der Waals surface area contributed by atoms with Gasteiger partial charge in [0.15, 0.2) is 0 Å². The second-order valence-electron chi connectivity index (χ2n) is 6.56. The predicted molar refractivity (Wildman–Crippen MR) is 118 cm³/mol. The molecule has 0 rings (SSSR count). The lowest BCUT2D eigenvalue weighted by Gasteiger charge is -2.23. The molecule has 0 saturated carbocycles. The van der Waals surface area contributed by atoms with Gasteiger partial charge in [0, 0.05) is 5.75 Å². The summed E-state index contributed by atoms with van der Waals surface area (Å²) in [4.78, 5) is 48.1. The van der Waals surface area contributed by atoms with Crippen molar-refractivity contribution in [1.29, 1.82) is 0 Å². The lowest BCUT2D eigenvalue weighted by atomic mass is 10.1. The van der Waals surface area contributed by atoms with Gasteiger partial charge in [-0.3, -0.25) is 14.4 Å². The summed E-state index contributed by atoms with van der Waals surface area (Å²) in [6, 6.07) is -4.44. The minimum atomic E-state index is -1.39. The molecule has 4 atom stereocenters. The van der Waals surface area contributed by atoms with Crippen molar-refractivity contribution in [3.05, 3.63) is 0 Å². The highest BCUT2D eigenvalue weighted by Crippen LogP contribution is 2.03. The van der Waals surface area contributed by atoms with Crippen LogP contribution in [0.1, 0.15) is 25.7 Å². The topological polar surface area (TPSA) is 197 Å². The Kier molecular flexibility index (Phi) is 15.4. The highest BCUT2D eigenvalue weighted by atomic mass is 32.2. The number of aliphatic hydroxyl groups is 1. The summed E-state index contributed by atoms with van der Waals surface area (Å²) in [5.41, 5.74) is 11.1. The van der Waals surface area contributed by atoms with Crippen LogP contribution in [0.4, 0.5) is 0 Å². The highest BCUT2D eigenvalue weighted by Gasteiger charge is 2.29. The van der Waals surface area contributed by atoms with Gasteiger partial charge < -0.3 is 37.6 Å². The maximum Gasteiger partial charge on any atom is 0.326 e. The molecule has 0 aromatic heterocycles. The quantitative estimate of drug-likeness (QED) is 0.0905. The zero-order valence-corrected chi connectivity index (χ0v) is 18.7. The van der Waals surface area contributed by atoms with Gasteiger partial charge in [0.25, 0.3) is 0 Å². The van der Waals surface area contributed by atoms with Gasteiger partial charge in [0.1, 0.15) is 18.1 Å². The van der Waals surface area contributed by atoms with E-state index in [1.54, 1.807) is 0 Å². The van der Waals surface area contributed by atoms with Crippen LogP contribution in [0.25, 0.3) is 0 Å². The van der Waals surface area contributed by atoms with E-state index >= 15 is 0 Å². The number of carbonyl (C=O) groups is 4. The fraction of sp³-hybridized carbons (Fsp3) is 0.765. The second-order valence-corrected chi connectivity index (χ2v) is 7.91. The molecule has 0 saturated heterocycles. The Hall–Kier alpha value is -1.54. The van der Waals surface area contributed by atoms with Gasteiger partial charge in [-0.05, 0) is 44.2 Å². The Morgan fingerprint density at radius 1 is 0.967 bits per heavy atom. The van der Waals surface area contributed by atoms with Crippen molar-refractivity contribution < 1.29 is 29.4 Å². The molecule has 0 heterocycles. The molecular formula is C17H33N5O6S2. The molecule has 0 radical (unpaired) electrons. The van der Waals surface area contributed by atoms with Crippen molar-refractivity contribution in [2.45, 2.75) is 49.9 Å². The molecule has 174 valence electrons. The maximum absolute atomic E-state index is 12.4. The average Bonchev–Trinajstić information content (AvgIpc) is 2.72. The van der Waals surface area contributed by atoms with Crippen molar-refractivity contribution in [3.63, 3.8) is 0 Å². The van der Waals surface area contributed by atoms with E-state index in [0.717, 1.165) is 0 Å². The number of nitrogens with two attached hydrogens (primary N) is 2. The van der Waals surface area contributed by atoms with Crippen molar-refractivity contribution >= 4 is 48.1 Å². The molecule has 0 aliphatic rings. The van der Waals surface area contributed by atoms with E-state index < -0.39 is 54.5 Å². The molecule has 9 N–H and O–H groups in total. The van der Waals surface area contributed by atoms with Crippen LogP contribution in [0.3, 0.4) is 0 Å². The summed E-state index contributed by atoms with van der Waals surface area (Å²) >= 11 is 5.56. The van der Waals surface area contributed by atoms with Crippen molar-refractivity contribution in [2.75, 3.05) is 30.9 Å². The Labute approximate surface area is 185 Å². The van der Waals surface area contributed by atoms with Crippen LogP contribution in [-0.4, -0.2) is 89.0 Å². The van der Waals surface area contributed by atoms with Crippen LogP contribution in [0.2, 0.25) is 0 Å². The van der Waals surface area contributed by atoms with E-state index in [2.05, 4.69) is 28.6 Å². The molecular weight excluding hydrogens is 434 g/mol. The number of hydrogen-bond acceptors (Lipinski definition) is 9. The molecule has 3 amide bonds. The molecule has 0 aliphatic heterocycles. The number of thiol groups is 1. The number of amides is 3. The summed E-state index contributed by atoms with van der Waals surface area (Å²) in [7, 11) is 0. The predicted octanol–water partition coefficient (Wildman–Crippen LogP) is -2.34. The first-order valence-electron chi connectivity index (χ1n) is 9.51. The second kappa shape index (κ2) is 16.2. The largest absolute Gasteiger partial charge is 0.480 e. The van der Waals surface area contributed by atoms with Crippen LogP contribution in [0.15, 0.2) is 0 Å². The third-order valence-corrected chi connectivity index (χ3v) is 5.17. The molecule has 0 aromatic carbocycles. The summed E-state index contributed by atoms with van der Waals surface area (Å²) in [5.74, 6) is -2.76. The van der Waals surface area contributed by atoms with Crippen LogP contribution in [-0.2, 0) is 19.2 Å². The Morgan fingerprint density at radius 2 is 1.53 bits per heavy atom. The van der Waals surface area contributed by atoms with Crippen LogP contribution in [0.5, 0.6) is 0 Å². The zero-order valence-electron chi connectivity index (χ0n) is 17.0. The van der Waals surface area contributed by atoms with Crippen LogP contribution >= 0.6 is 24.4 Å². The number of carboxylic acid groups (broad SMARTS) is 1. The molecule has 0 bridgehead atoms. The smallest absolute Gasteiger partial charge is 0.326 e. The number of carbonyl (C=O) groups excluding carboxylic acids is 3. The van der Waals surface area contributed by atoms with Crippen molar-refractivity contribution in [1.82, 2.24) is 16.0 Å². The van der Waals surface area contributed by atoms with E-state index in [4.69, 9.17) is 11.5 Å². The first-order chi connectivity index (χ1) is 14.2.